The Hall–Kier alpha value is -1.20. The SMILES string of the molecule is Cc1cc(=O)[nH]c([C@@H](C)N2CCO[C@H](C(C)(C)C)C2)n1. The van der Waals surface area contributed by atoms with Gasteiger partial charge in [-0.3, -0.25) is 9.69 Å². The van der Waals surface area contributed by atoms with Gasteiger partial charge in [0.05, 0.1) is 18.8 Å². The number of aromatic amines is 1. The Kier molecular flexibility index (Phi) is 4.30. The number of hydrogen-bond acceptors (Lipinski definition) is 4. The molecule has 0 aromatic carbocycles. The molecule has 1 fully saturated rings. The molecule has 1 aliphatic rings. The highest BCUT2D eigenvalue weighted by molar-refractivity contribution is 5.04. The lowest BCUT2D eigenvalue weighted by Gasteiger charge is -2.41. The van der Waals surface area contributed by atoms with E-state index in [0.29, 0.717) is 0 Å². The van der Waals surface area contributed by atoms with Crippen LogP contribution in [0.4, 0.5) is 0 Å². The molecule has 1 aromatic heterocycles. The van der Waals surface area contributed by atoms with Crippen LogP contribution in [0.25, 0.3) is 0 Å². The molecular weight excluding hydrogens is 254 g/mol. The molecule has 0 saturated carbocycles. The van der Waals surface area contributed by atoms with Crippen molar-refractivity contribution >= 4 is 0 Å². The quantitative estimate of drug-likeness (QED) is 0.898. The lowest BCUT2D eigenvalue weighted by molar-refractivity contribution is -0.0895. The summed E-state index contributed by atoms with van der Waals surface area (Å²) in [5.74, 6) is 0.740. The second kappa shape index (κ2) is 5.66. The third-order valence-corrected chi connectivity index (χ3v) is 3.90. The lowest BCUT2D eigenvalue weighted by atomic mass is 9.88. The summed E-state index contributed by atoms with van der Waals surface area (Å²) >= 11 is 0. The number of nitrogens with one attached hydrogen (secondary N) is 1. The molecule has 0 unspecified atom stereocenters. The summed E-state index contributed by atoms with van der Waals surface area (Å²) in [6.45, 7) is 13.0. The van der Waals surface area contributed by atoms with Gasteiger partial charge in [0.15, 0.2) is 0 Å². The van der Waals surface area contributed by atoms with Crippen LogP contribution in [0, 0.1) is 12.3 Å². The Bertz CT molecular complexity index is 519. The Morgan fingerprint density at radius 2 is 2.20 bits per heavy atom. The van der Waals surface area contributed by atoms with Gasteiger partial charge in [-0.25, -0.2) is 4.98 Å². The van der Waals surface area contributed by atoms with Gasteiger partial charge < -0.3 is 9.72 Å². The fraction of sp³-hybridized carbons (Fsp3) is 0.733. The van der Waals surface area contributed by atoms with E-state index in [1.165, 1.54) is 6.07 Å². The third-order valence-electron chi connectivity index (χ3n) is 3.90. The zero-order valence-corrected chi connectivity index (χ0v) is 13.1. The average molecular weight is 279 g/mol. The highest BCUT2D eigenvalue weighted by Gasteiger charge is 2.33. The van der Waals surface area contributed by atoms with Crippen LogP contribution in [0.3, 0.4) is 0 Å². The van der Waals surface area contributed by atoms with Crippen molar-refractivity contribution in [3.05, 3.63) is 27.9 Å². The van der Waals surface area contributed by atoms with Crippen LogP contribution in [-0.4, -0.2) is 40.7 Å². The fourth-order valence-corrected chi connectivity index (χ4v) is 2.52. The van der Waals surface area contributed by atoms with E-state index in [1.807, 2.05) is 6.92 Å². The van der Waals surface area contributed by atoms with Crippen molar-refractivity contribution in [3.63, 3.8) is 0 Å². The maximum Gasteiger partial charge on any atom is 0.251 e. The van der Waals surface area contributed by atoms with Gasteiger partial charge in [0.25, 0.3) is 5.56 Å². The van der Waals surface area contributed by atoms with Gasteiger partial charge in [0.1, 0.15) is 5.82 Å². The maximum atomic E-state index is 11.6. The minimum atomic E-state index is -0.0834. The molecule has 1 saturated heterocycles. The first-order chi connectivity index (χ1) is 9.27. The molecule has 0 aliphatic carbocycles. The van der Waals surface area contributed by atoms with Crippen LogP contribution in [0.5, 0.6) is 0 Å². The lowest BCUT2D eigenvalue weighted by Crippen LogP contribution is -2.49. The predicted molar refractivity (Wildman–Crippen MR) is 78.8 cm³/mol. The molecule has 1 aromatic rings. The van der Waals surface area contributed by atoms with Crippen molar-refractivity contribution < 1.29 is 4.74 Å². The zero-order valence-electron chi connectivity index (χ0n) is 13.1. The van der Waals surface area contributed by atoms with Crippen molar-refractivity contribution in [3.8, 4) is 0 Å². The smallest absolute Gasteiger partial charge is 0.251 e. The molecule has 0 spiro atoms. The van der Waals surface area contributed by atoms with Gasteiger partial charge >= 0.3 is 0 Å². The molecule has 2 heterocycles. The molecule has 2 atom stereocenters. The summed E-state index contributed by atoms with van der Waals surface area (Å²) in [6.07, 6.45) is 0.204. The standard InChI is InChI=1S/C15H25N3O2/c1-10-8-13(19)17-14(16-10)11(2)18-6-7-20-12(9-18)15(3,4)5/h8,11-12H,6-7,9H2,1-5H3,(H,16,17,19)/t11-,12+/m1/s1. The van der Waals surface area contributed by atoms with E-state index in [-0.39, 0.29) is 23.1 Å². The Morgan fingerprint density at radius 1 is 1.50 bits per heavy atom. The summed E-state index contributed by atoms with van der Waals surface area (Å²) in [6, 6.07) is 1.62. The van der Waals surface area contributed by atoms with Gasteiger partial charge in [-0.05, 0) is 19.3 Å². The molecular formula is C15H25N3O2. The number of hydrogen-bond donors (Lipinski definition) is 1. The highest BCUT2D eigenvalue weighted by atomic mass is 16.5. The van der Waals surface area contributed by atoms with Gasteiger partial charge in [-0.15, -0.1) is 0 Å². The molecule has 112 valence electrons. The summed E-state index contributed by atoms with van der Waals surface area (Å²) < 4.78 is 5.87. The van der Waals surface area contributed by atoms with Crippen LogP contribution in [0.2, 0.25) is 0 Å². The second-order valence-corrected chi connectivity index (χ2v) is 6.67. The molecule has 1 aliphatic heterocycles. The summed E-state index contributed by atoms with van der Waals surface area (Å²) in [5, 5.41) is 0. The first kappa shape index (κ1) is 15.2. The van der Waals surface area contributed by atoms with Crippen molar-refractivity contribution in [1.82, 2.24) is 14.9 Å². The molecule has 5 nitrogen and oxygen atoms in total. The molecule has 5 heteroatoms. The molecule has 1 N–H and O–H groups in total. The van der Waals surface area contributed by atoms with E-state index in [1.54, 1.807) is 0 Å². The summed E-state index contributed by atoms with van der Waals surface area (Å²) in [7, 11) is 0. The van der Waals surface area contributed by atoms with Crippen LogP contribution in [0.1, 0.15) is 45.3 Å². The maximum absolute atomic E-state index is 11.6. The Balaban J connectivity index is 2.16. The van der Waals surface area contributed by atoms with Crippen LogP contribution >= 0.6 is 0 Å². The van der Waals surface area contributed by atoms with Crippen LogP contribution < -0.4 is 5.56 Å². The largest absolute Gasteiger partial charge is 0.375 e. The van der Waals surface area contributed by atoms with Gasteiger partial charge in [-0.1, -0.05) is 20.8 Å². The van der Waals surface area contributed by atoms with Crippen LogP contribution in [-0.2, 0) is 4.74 Å². The normalized spacial score (nSPS) is 22.8. The zero-order chi connectivity index (χ0) is 14.9. The first-order valence-electron chi connectivity index (χ1n) is 7.21. The highest BCUT2D eigenvalue weighted by Crippen LogP contribution is 2.28. The first-order valence-corrected chi connectivity index (χ1v) is 7.21. The minimum Gasteiger partial charge on any atom is -0.375 e. The van der Waals surface area contributed by atoms with Gasteiger partial charge in [0.2, 0.25) is 0 Å². The summed E-state index contributed by atoms with van der Waals surface area (Å²) in [5.41, 5.74) is 0.794. The van der Waals surface area contributed by atoms with Crippen molar-refractivity contribution in [2.75, 3.05) is 19.7 Å². The van der Waals surface area contributed by atoms with Crippen molar-refractivity contribution in [2.45, 2.75) is 46.8 Å². The number of aromatic nitrogens is 2. The van der Waals surface area contributed by atoms with E-state index in [2.05, 4.69) is 42.6 Å². The monoisotopic (exact) mass is 279 g/mol. The molecule has 0 amide bonds. The van der Waals surface area contributed by atoms with Gasteiger partial charge in [-0.2, -0.15) is 0 Å². The van der Waals surface area contributed by atoms with E-state index in [0.717, 1.165) is 31.2 Å². The number of rotatable bonds is 2. The van der Waals surface area contributed by atoms with Crippen molar-refractivity contribution in [2.24, 2.45) is 5.41 Å². The topological polar surface area (TPSA) is 58.2 Å². The number of aryl methyl sites for hydroxylation is 1. The minimum absolute atomic E-state index is 0.0834. The van der Waals surface area contributed by atoms with E-state index >= 15 is 0 Å². The Morgan fingerprint density at radius 3 is 2.80 bits per heavy atom. The summed E-state index contributed by atoms with van der Waals surface area (Å²) in [4.78, 5) is 21.2. The average Bonchev–Trinajstić information content (AvgIpc) is 2.36. The molecule has 0 radical (unpaired) electrons. The van der Waals surface area contributed by atoms with E-state index in [9.17, 15) is 4.79 Å². The number of nitrogens with zero attached hydrogens (tertiary/aromatic N) is 2. The van der Waals surface area contributed by atoms with E-state index < -0.39 is 0 Å². The third kappa shape index (κ3) is 3.46. The fourth-order valence-electron chi connectivity index (χ4n) is 2.52. The van der Waals surface area contributed by atoms with Gasteiger partial charge in [0, 0.05) is 24.8 Å². The second-order valence-electron chi connectivity index (χ2n) is 6.67. The van der Waals surface area contributed by atoms with Crippen LogP contribution in [0.15, 0.2) is 10.9 Å². The number of morpholine rings is 1. The predicted octanol–water partition coefficient (Wildman–Crippen LogP) is 1.89. The molecule has 0 bridgehead atoms. The molecule has 20 heavy (non-hydrogen) atoms. The number of H-pyrrole nitrogens is 1. The van der Waals surface area contributed by atoms with E-state index in [4.69, 9.17) is 4.74 Å². The number of ether oxygens (including phenoxy) is 1. The molecule has 2 rings (SSSR count). The Labute approximate surface area is 120 Å². The van der Waals surface area contributed by atoms with Crippen molar-refractivity contribution in [1.29, 1.82) is 0 Å².